The van der Waals surface area contributed by atoms with E-state index in [1.54, 1.807) is 13.8 Å². The Morgan fingerprint density at radius 3 is 2.33 bits per heavy atom. The molecule has 0 amide bonds. The van der Waals surface area contributed by atoms with Gasteiger partial charge in [-0.1, -0.05) is 0 Å². The van der Waals surface area contributed by atoms with Crippen molar-refractivity contribution in [3.63, 3.8) is 0 Å². The Kier molecular flexibility index (Phi) is 2.51. The van der Waals surface area contributed by atoms with E-state index in [9.17, 15) is 4.79 Å². The molecule has 0 spiro atoms. The number of carbonyl (C=O) groups is 1. The first-order chi connectivity index (χ1) is 8.27. The van der Waals surface area contributed by atoms with Crippen LogP contribution in [0.4, 0.5) is 0 Å². The van der Waals surface area contributed by atoms with Crippen molar-refractivity contribution in [3.05, 3.63) is 0 Å². The van der Waals surface area contributed by atoms with Gasteiger partial charge in [-0.15, -0.1) is 0 Å². The molecule has 0 N–H and O–H groups in total. The molecule has 0 unspecified atom stereocenters. The number of hydrogen-bond acceptors (Lipinski definition) is 6. The number of esters is 1. The van der Waals surface area contributed by atoms with Gasteiger partial charge < -0.3 is 23.7 Å². The quantitative estimate of drug-likeness (QED) is 0.641. The number of rotatable bonds is 1. The van der Waals surface area contributed by atoms with Gasteiger partial charge in [-0.2, -0.15) is 0 Å². The molecule has 0 aromatic rings. The lowest BCUT2D eigenvalue weighted by atomic mass is 10.1. The van der Waals surface area contributed by atoms with Gasteiger partial charge in [0.15, 0.2) is 23.8 Å². The topological polar surface area (TPSA) is 63.2 Å². The van der Waals surface area contributed by atoms with Gasteiger partial charge in [0.2, 0.25) is 0 Å². The van der Waals surface area contributed by atoms with Gasteiger partial charge in [0, 0.05) is 0 Å². The second kappa shape index (κ2) is 3.66. The Morgan fingerprint density at radius 2 is 1.72 bits per heavy atom. The summed E-state index contributed by atoms with van der Waals surface area (Å²) in [5.41, 5.74) is 0. The third-order valence-corrected chi connectivity index (χ3v) is 3.33. The number of fused-ring (bicyclic) bond motifs is 1. The predicted molar refractivity (Wildman–Crippen MR) is 58.6 cm³/mol. The maximum Gasteiger partial charge on any atom is 0.338 e. The molecule has 3 aliphatic rings. The molecule has 3 saturated heterocycles. The van der Waals surface area contributed by atoms with E-state index in [-0.39, 0.29) is 12.1 Å². The van der Waals surface area contributed by atoms with E-state index >= 15 is 0 Å². The third-order valence-electron chi connectivity index (χ3n) is 3.33. The van der Waals surface area contributed by atoms with Crippen LogP contribution >= 0.6 is 0 Å². The second-order valence-corrected chi connectivity index (χ2v) is 5.79. The van der Waals surface area contributed by atoms with Gasteiger partial charge in [0.25, 0.3) is 0 Å². The zero-order valence-electron chi connectivity index (χ0n) is 11.0. The molecular formula is C12H18O6. The summed E-state index contributed by atoms with van der Waals surface area (Å²) in [5, 5.41) is 0. The fourth-order valence-electron chi connectivity index (χ4n) is 2.64. The van der Waals surface area contributed by atoms with Crippen molar-refractivity contribution in [2.45, 2.75) is 63.7 Å². The standard InChI is InChI=1S/C12H18O6/c1-11(2)14-5-6(16-11)7-8-9(10(13)15-7)18-12(3,4)17-8/h6-9H,5H2,1-4H3/t6-,7+,8-,9-/m0/s1. The van der Waals surface area contributed by atoms with E-state index in [0.717, 1.165) is 0 Å². The Hall–Kier alpha value is -0.690. The molecule has 0 aromatic heterocycles. The summed E-state index contributed by atoms with van der Waals surface area (Å²) in [6.45, 7) is 7.61. The third kappa shape index (κ3) is 1.93. The maximum atomic E-state index is 11.7. The monoisotopic (exact) mass is 258 g/mol. The predicted octanol–water partition coefficient (Wildman–Crippen LogP) is 0.583. The van der Waals surface area contributed by atoms with Gasteiger partial charge in [-0.05, 0) is 27.7 Å². The summed E-state index contributed by atoms with van der Waals surface area (Å²) >= 11 is 0. The molecule has 6 nitrogen and oxygen atoms in total. The van der Waals surface area contributed by atoms with Crippen LogP contribution in [-0.2, 0) is 28.5 Å². The van der Waals surface area contributed by atoms with E-state index in [1.165, 1.54) is 0 Å². The average molecular weight is 258 g/mol. The molecule has 102 valence electrons. The van der Waals surface area contributed by atoms with Gasteiger partial charge in [-0.25, -0.2) is 4.79 Å². The van der Waals surface area contributed by atoms with Crippen LogP contribution in [0.3, 0.4) is 0 Å². The average Bonchev–Trinajstić information content (AvgIpc) is 2.81. The number of cyclic esters (lactones) is 1. The summed E-state index contributed by atoms with van der Waals surface area (Å²) in [5.74, 6) is -1.80. The Balaban J connectivity index is 1.77. The SMILES string of the molecule is CC1(C)OC[C@@H]([C@H]2OC(=O)[C@H]3OC(C)(C)O[C@@H]23)O1. The molecule has 4 atom stereocenters. The van der Waals surface area contributed by atoms with Crippen LogP contribution < -0.4 is 0 Å². The van der Waals surface area contributed by atoms with E-state index in [0.29, 0.717) is 6.61 Å². The number of hydrogen-bond donors (Lipinski definition) is 0. The van der Waals surface area contributed by atoms with E-state index in [4.69, 9.17) is 23.7 Å². The smallest absolute Gasteiger partial charge is 0.338 e. The molecule has 3 heterocycles. The highest BCUT2D eigenvalue weighted by Crippen LogP contribution is 2.39. The molecule has 3 fully saturated rings. The second-order valence-electron chi connectivity index (χ2n) is 5.79. The fraction of sp³-hybridized carbons (Fsp3) is 0.917. The molecule has 0 bridgehead atoms. The first kappa shape index (κ1) is 12.3. The molecule has 0 saturated carbocycles. The lowest BCUT2D eigenvalue weighted by molar-refractivity contribution is -0.200. The summed E-state index contributed by atoms with van der Waals surface area (Å²) < 4.78 is 27.8. The van der Waals surface area contributed by atoms with Crippen LogP contribution in [0, 0.1) is 0 Å². The Bertz CT molecular complexity index is 377. The van der Waals surface area contributed by atoms with Crippen molar-refractivity contribution in [2.24, 2.45) is 0 Å². The number of ether oxygens (including phenoxy) is 5. The van der Waals surface area contributed by atoms with E-state index in [1.807, 2.05) is 13.8 Å². The minimum Gasteiger partial charge on any atom is -0.455 e. The van der Waals surface area contributed by atoms with Crippen LogP contribution in [0.15, 0.2) is 0 Å². The molecule has 3 aliphatic heterocycles. The minimum atomic E-state index is -0.762. The Labute approximate surface area is 105 Å². The maximum absolute atomic E-state index is 11.7. The van der Waals surface area contributed by atoms with Crippen molar-refractivity contribution in [1.29, 1.82) is 0 Å². The molecule has 0 radical (unpaired) electrons. The molecule has 0 aromatic carbocycles. The summed E-state index contributed by atoms with van der Waals surface area (Å²) in [6.07, 6.45) is -1.85. The van der Waals surface area contributed by atoms with Gasteiger partial charge in [0.05, 0.1) is 6.61 Å². The molecular weight excluding hydrogens is 240 g/mol. The normalized spacial score (nSPS) is 45.0. The van der Waals surface area contributed by atoms with Crippen LogP contribution in [0.5, 0.6) is 0 Å². The van der Waals surface area contributed by atoms with Crippen molar-refractivity contribution < 1.29 is 28.5 Å². The zero-order valence-corrected chi connectivity index (χ0v) is 11.0. The highest BCUT2D eigenvalue weighted by Gasteiger charge is 2.59. The summed E-state index contributed by atoms with van der Waals surface area (Å²) in [6, 6.07) is 0. The Morgan fingerprint density at radius 1 is 1.00 bits per heavy atom. The first-order valence-corrected chi connectivity index (χ1v) is 6.15. The molecule has 3 rings (SSSR count). The minimum absolute atomic E-state index is 0.309. The zero-order chi connectivity index (χ0) is 13.1. The van der Waals surface area contributed by atoms with Gasteiger partial charge >= 0.3 is 5.97 Å². The van der Waals surface area contributed by atoms with Crippen molar-refractivity contribution in [2.75, 3.05) is 6.61 Å². The van der Waals surface area contributed by atoms with E-state index in [2.05, 4.69) is 0 Å². The van der Waals surface area contributed by atoms with Crippen molar-refractivity contribution >= 4 is 5.97 Å². The number of carbonyl (C=O) groups excluding carboxylic acids is 1. The van der Waals surface area contributed by atoms with Crippen LogP contribution in [-0.4, -0.2) is 48.6 Å². The lowest BCUT2D eigenvalue weighted by Crippen LogP contribution is -2.40. The van der Waals surface area contributed by atoms with Crippen LogP contribution in [0.2, 0.25) is 0 Å². The fourth-order valence-corrected chi connectivity index (χ4v) is 2.64. The van der Waals surface area contributed by atoms with Gasteiger partial charge in [-0.3, -0.25) is 0 Å². The van der Waals surface area contributed by atoms with Crippen molar-refractivity contribution in [1.82, 2.24) is 0 Å². The van der Waals surface area contributed by atoms with Gasteiger partial charge in [0.1, 0.15) is 12.2 Å². The lowest BCUT2D eigenvalue weighted by Gasteiger charge is -2.25. The largest absolute Gasteiger partial charge is 0.455 e. The molecule has 0 aliphatic carbocycles. The molecule has 18 heavy (non-hydrogen) atoms. The van der Waals surface area contributed by atoms with Crippen molar-refractivity contribution in [3.8, 4) is 0 Å². The molecule has 6 heteroatoms. The highest BCUT2D eigenvalue weighted by atomic mass is 16.8. The first-order valence-electron chi connectivity index (χ1n) is 6.15. The van der Waals surface area contributed by atoms with Crippen LogP contribution in [0.25, 0.3) is 0 Å². The summed E-state index contributed by atoms with van der Waals surface area (Å²) in [7, 11) is 0. The summed E-state index contributed by atoms with van der Waals surface area (Å²) in [4.78, 5) is 11.7. The van der Waals surface area contributed by atoms with E-state index < -0.39 is 29.9 Å². The highest BCUT2D eigenvalue weighted by molar-refractivity contribution is 5.78. The van der Waals surface area contributed by atoms with Crippen LogP contribution in [0.1, 0.15) is 27.7 Å².